The molecule has 0 N–H and O–H groups in total. The molecular formula is C13H9BrN2O. The molecule has 0 saturated carbocycles. The Hall–Kier alpha value is -1.86. The Bertz CT molecular complexity index is 590. The van der Waals surface area contributed by atoms with E-state index in [0.29, 0.717) is 17.1 Å². The van der Waals surface area contributed by atoms with Crippen LogP contribution in [-0.4, -0.2) is 4.98 Å². The number of rotatable bonds is 2. The standard InChI is InChI=1S/C13H9BrN2O/c1-9-2-3-10(6-15)4-13(9)17-12-5-11(14)7-16-8-12/h2-5,7-8H,1H3. The normalized spacial score (nSPS) is 9.71. The van der Waals surface area contributed by atoms with E-state index in [4.69, 9.17) is 10.00 Å². The highest BCUT2D eigenvalue weighted by Crippen LogP contribution is 2.26. The minimum Gasteiger partial charge on any atom is -0.455 e. The van der Waals surface area contributed by atoms with Crippen LogP contribution in [0.2, 0.25) is 0 Å². The maximum absolute atomic E-state index is 8.84. The summed E-state index contributed by atoms with van der Waals surface area (Å²) in [7, 11) is 0. The van der Waals surface area contributed by atoms with Crippen LogP contribution in [0.15, 0.2) is 41.1 Å². The summed E-state index contributed by atoms with van der Waals surface area (Å²) < 4.78 is 6.54. The summed E-state index contributed by atoms with van der Waals surface area (Å²) in [5.74, 6) is 1.31. The number of nitriles is 1. The van der Waals surface area contributed by atoms with Crippen LogP contribution in [0.25, 0.3) is 0 Å². The molecule has 1 aromatic carbocycles. The summed E-state index contributed by atoms with van der Waals surface area (Å²) in [6, 6.07) is 9.26. The molecule has 0 atom stereocenters. The molecule has 2 aromatic rings. The maximum Gasteiger partial charge on any atom is 0.146 e. The van der Waals surface area contributed by atoms with E-state index < -0.39 is 0 Å². The zero-order chi connectivity index (χ0) is 12.3. The van der Waals surface area contributed by atoms with Crippen molar-refractivity contribution in [3.8, 4) is 17.6 Å². The highest BCUT2D eigenvalue weighted by Gasteiger charge is 2.03. The van der Waals surface area contributed by atoms with Crippen molar-refractivity contribution in [3.63, 3.8) is 0 Å². The third-order valence-corrected chi connectivity index (χ3v) is 2.66. The predicted molar refractivity (Wildman–Crippen MR) is 67.9 cm³/mol. The van der Waals surface area contributed by atoms with Crippen LogP contribution in [0.3, 0.4) is 0 Å². The maximum atomic E-state index is 8.84. The Morgan fingerprint density at radius 2 is 2.12 bits per heavy atom. The van der Waals surface area contributed by atoms with E-state index in [-0.39, 0.29) is 0 Å². The number of hydrogen-bond donors (Lipinski definition) is 0. The van der Waals surface area contributed by atoms with Crippen LogP contribution < -0.4 is 4.74 Å². The Morgan fingerprint density at radius 1 is 1.29 bits per heavy atom. The fourth-order valence-electron chi connectivity index (χ4n) is 1.35. The first kappa shape index (κ1) is 11.6. The predicted octanol–water partition coefficient (Wildman–Crippen LogP) is 3.82. The lowest BCUT2D eigenvalue weighted by atomic mass is 10.1. The first-order chi connectivity index (χ1) is 8.19. The lowest BCUT2D eigenvalue weighted by Gasteiger charge is -2.08. The Morgan fingerprint density at radius 3 is 2.82 bits per heavy atom. The van der Waals surface area contributed by atoms with Gasteiger partial charge in [-0.15, -0.1) is 0 Å². The quantitative estimate of drug-likeness (QED) is 0.844. The smallest absolute Gasteiger partial charge is 0.146 e. The molecule has 0 fully saturated rings. The van der Waals surface area contributed by atoms with Crippen LogP contribution in [0.1, 0.15) is 11.1 Å². The summed E-state index contributed by atoms with van der Waals surface area (Å²) in [5.41, 5.74) is 1.55. The zero-order valence-corrected chi connectivity index (χ0v) is 10.7. The van der Waals surface area contributed by atoms with Crippen molar-refractivity contribution in [2.45, 2.75) is 6.92 Å². The highest BCUT2D eigenvalue weighted by molar-refractivity contribution is 9.10. The molecule has 4 heteroatoms. The Balaban J connectivity index is 2.33. The number of aryl methyl sites for hydroxylation is 1. The summed E-state index contributed by atoms with van der Waals surface area (Å²) in [6.45, 7) is 1.93. The number of hydrogen-bond acceptors (Lipinski definition) is 3. The van der Waals surface area contributed by atoms with Gasteiger partial charge < -0.3 is 4.74 Å². The van der Waals surface area contributed by atoms with Crippen molar-refractivity contribution >= 4 is 15.9 Å². The van der Waals surface area contributed by atoms with E-state index >= 15 is 0 Å². The summed E-state index contributed by atoms with van der Waals surface area (Å²) >= 11 is 3.33. The van der Waals surface area contributed by atoms with E-state index in [0.717, 1.165) is 10.0 Å². The van der Waals surface area contributed by atoms with E-state index in [1.807, 2.05) is 19.1 Å². The number of ether oxygens (including phenoxy) is 1. The lowest BCUT2D eigenvalue weighted by Crippen LogP contribution is -1.89. The van der Waals surface area contributed by atoms with E-state index in [1.165, 1.54) is 0 Å². The van der Waals surface area contributed by atoms with Crippen molar-refractivity contribution < 1.29 is 4.74 Å². The van der Waals surface area contributed by atoms with Gasteiger partial charge in [0, 0.05) is 10.7 Å². The molecule has 0 bridgehead atoms. The van der Waals surface area contributed by atoms with Gasteiger partial charge in [0.1, 0.15) is 11.5 Å². The SMILES string of the molecule is Cc1ccc(C#N)cc1Oc1cncc(Br)c1. The fourth-order valence-corrected chi connectivity index (χ4v) is 1.70. The molecule has 0 aliphatic rings. The zero-order valence-electron chi connectivity index (χ0n) is 9.14. The molecule has 17 heavy (non-hydrogen) atoms. The van der Waals surface area contributed by atoms with Gasteiger partial charge in [-0.25, -0.2) is 0 Å². The Kier molecular flexibility index (Phi) is 3.40. The van der Waals surface area contributed by atoms with Crippen LogP contribution >= 0.6 is 15.9 Å². The molecule has 0 saturated heterocycles. The number of nitrogens with zero attached hydrogens (tertiary/aromatic N) is 2. The summed E-state index contributed by atoms with van der Waals surface area (Å²) in [5, 5.41) is 8.84. The first-order valence-corrected chi connectivity index (χ1v) is 5.77. The number of aromatic nitrogens is 1. The molecule has 0 radical (unpaired) electrons. The molecule has 3 nitrogen and oxygen atoms in total. The molecule has 2 rings (SSSR count). The van der Waals surface area contributed by atoms with Gasteiger partial charge in [0.2, 0.25) is 0 Å². The van der Waals surface area contributed by atoms with Crippen molar-refractivity contribution in [3.05, 3.63) is 52.3 Å². The summed E-state index contributed by atoms with van der Waals surface area (Å²) in [6.07, 6.45) is 3.31. The van der Waals surface area contributed by atoms with Crippen LogP contribution in [0.4, 0.5) is 0 Å². The van der Waals surface area contributed by atoms with Crippen LogP contribution in [0.5, 0.6) is 11.5 Å². The second-order valence-electron chi connectivity index (χ2n) is 3.53. The van der Waals surface area contributed by atoms with Gasteiger partial charge in [-0.05, 0) is 46.6 Å². The highest BCUT2D eigenvalue weighted by atomic mass is 79.9. The molecule has 84 valence electrons. The van der Waals surface area contributed by atoms with Crippen molar-refractivity contribution in [2.75, 3.05) is 0 Å². The molecular weight excluding hydrogens is 280 g/mol. The molecule has 1 aromatic heterocycles. The van der Waals surface area contributed by atoms with Gasteiger partial charge in [0.25, 0.3) is 0 Å². The van der Waals surface area contributed by atoms with Crippen molar-refractivity contribution in [1.29, 1.82) is 5.26 Å². The van der Waals surface area contributed by atoms with E-state index in [2.05, 4.69) is 27.0 Å². The fraction of sp³-hybridized carbons (Fsp3) is 0.0769. The molecule has 1 heterocycles. The second-order valence-corrected chi connectivity index (χ2v) is 4.45. The van der Waals surface area contributed by atoms with Gasteiger partial charge in [-0.1, -0.05) is 6.07 Å². The second kappa shape index (κ2) is 4.98. The molecule has 0 aliphatic heterocycles. The largest absolute Gasteiger partial charge is 0.455 e. The third kappa shape index (κ3) is 2.83. The number of pyridine rings is 1. The van der Waals surface area contributed by atoms with Gasteiger partial charge in [0.15, 0.2) is 0 Å². The first-order valence-electron chi connectivity index (χ1n) is 4.98. The average Bonchev–Trinajstić information content (AvgIpc) is 2.32. The van der Waals surface area contributed by atoms with Gasteiger partial charge in [0.05, 0.1) is 17.8 Å². The average molecular weight is 289 g/mol. The molecule has 0 spiro atoms. The van der Waals surface area contributed by atoms with Gasteiger partial charge >= 0.3 is 0 Å². The monoisotopic (exact) mass is 288 g/mol. The Labute approximate surface area is 108 Å². The molecule has 0 aliphatic carbocycles. The number of benzene rings is 1. The van der Waals surface area contributed by atoms with Crippen LogP contribution in [-0.2, 0) is 0 Å². The topological polar surface area (TPSA) is 45.9 Å². The van der Waals surface area contributed by atoms with Crippen LogP contribution in [0, 0.1) is 18.3 Å². The lowest BCUT2D eigenvalue weighted by molar-refractivity contribution is 0.476. The van der Waals surface area contributed by atoms with E-state index in [1.54, 1.807) is 24.5 Å². The third-order valence-electron chi connectivity index (χ3n) is 2.22. The van der Waals surface area contributed by atoms with Crippen molar-refractivity contribution in [2.24, 2.45) is 0 Å². The minimum atomic E-state index is 0.577. The summed E-state index contributed by atoms with van der Waals surface area (Å²) in [4.78, 5) is 4.02. The van der Waals surface area contributed by atoms with Crippen molar-refractivity contribution in [1.82, 2.24) is 4.98 Å². The number of halogens is 1. The molecule has 0 unspecified atom stereocenters. The minimum absolute atomic E-state index is 0.577. The van der Waals surface area contributed by atoms with E-state index in [9.17, 15) is 0 Å². The van der Waals surface area contributed by atoms with Gasteiger partial charge in [-0.3, -0.25) is 4.98 Å². The molecule has 0 amide bonds. The van der Waals surface area contributed by atoms with Gasteiger partial charge in [-0.2, -0.15) is 5.26 Å².